The van der Waals surface area contributed by atoms with Crippen LogP contribution in [0.3, 0.4) is 0 Å². The molecule has 3 rings (SSSR count). The molecule has 0 bridgehead atoms. The van der Waals surface area contributed by atoms with Crippen molar-refractivity contribution in [3.8, 4) is 0 Å². The first-order chi connectivity index (χ1) is 11.5. The average Bonchev–Trinajstić information content (AvgIpc) is 2.91. The highest BCUT2D eigenvalue weighted by Crippen LogP contribution is 2.30. The predicted octanol–water partition coefficient (Wildman–Crippen LogP) is 5.15. The fraction of sp³-hybridized carbons (Fsp3) is 0.222. The monoisotopic (exact) mass is 361 g/mol. The molecule has 2 aromatic heterocycles. The Bertz CT molecular complexity index is 898. The molecule has 0 fully saturated rings. The van der Waals surface area contributed by atoms with Gasteiger partial charge in [-0.1, -0.05) is 48.7 Å². The second kappa shape index (κ2) is 6.83. The minimum Gasteiger partial charge on any atom is -0.318 e. The molecule has 1 aromatic carbocycles. The summed E-state index contributed by atoms with van der Waals surface area (Å²) in [6.07, 6.45) is 3.47. The highest BCUT2D eigenvalue weighted by molar-refractivity contribution is 6.40. The highest BCUT2D eigenvalue weighted by atomic mass is 35.5. The molecule has 0 unspecified atom stereocenters. The molecule has 0 aliphatic heterocycles. The van der Waals surface area contributed by atoms with Crippen LogP contribution in [0.1, 0.15) is 35.1 Å². The summed E-state index contributed by atoms with van der Waals surface area (Å²) in [5.74, 6) is -0.272. The molecule has 1 N–H and O–H groups in total. The molecule has 0 saturated carbocycles. The number of benzene rings is 1. The number of carbonyl (C=O) groups is 1. The largest absolute Gasteiger partial charge is 0.318 e. The summed E-state index contributed by atoms with van der Waals surface area (Å²) in [7, 11) is 0. The van der Waals surface area contributed by atoms with Crippen LogP contribution in [0.2, 0.25) is 10.0 Å². The SMILES string of the molecule is CCCc1nc2c(C)cccn2c1C(=O)Nc1c(Cl)cccc1Cl. The Morgan fingerprint density at radius 1 is 1.21 bits per heavy atom. The number of rotatable bonds is 4. The van der Waals surface area contributed by atoms with Gasteiger partial charge in [-0.05, 0) is 37.1 Å². The second-order valence-electron chi connectivity index (χ2n) is 5.59. The normalized spacial score (nSPS) is 11.0. The summed E-state index contributed by atoms with van der Waals surface area (Å²) in [4.78, 5) is 17.6. The number of halogens is 2. The van der Waals surface area contributed by atoms with E-state index < -0.39 is 0 Å². The van der Waals surface area contributed by atoms with Crippen molar-refractivity contribution in [1.82, 2.24) is 9.38 Å². The first-order valence-electron chi connectivity index (χ1n) is 7.74. The van der Waals surface area contributed by atoms with Crippen LogP contribution in [0.4, 0.5) is 5.69 Å². The average molecular weight is 362 g/mol. The smallest absolute Gasteiger partial charge is 0.274 e. The molecule has 0 aliphatic rings. The molecule has 3 aromatic rings. The number of aryl methyl sites for hydroxylation is 2. The number of anilines is 1. The second-order valence-corrected chi connectivity index (χ2v) is 6.41. The molecule has 1 amide bonds. The number of para-hydroxylation sites is 1. The summed E-state index contributed by atoms with van der Waals surface area (Å²) >= 11 is 12.3. The zero-order valence-corrected chi connectivity index (χ0v) is 14.9. The maximum atomic E-state index is 12.9. The van der Waals surface area contributed by atoms with E-state index in [0.29, 0.717) is 21.4 Å². The molecular formula is C18H17Cl2N3O. The van der Waals surface area contributed by atoms with E-state index in [-0.39, 0.29) is 5.91 Å². The van der Waals surface area contributed by atoms with Gasteiger partial charge in [0.05, 0.1) is 21.4 Å². The molecule has 24 heavy (non-hydrogen) atoms. The Morgan fingerprint density at radius 2 is 1.92 bits per heavy atom. The Balaban J connectivity index is 2.09. The van der Waals surface area contributed by atoms with Gasteiger partial charge in [0.15, 0.2) is 0 Å². The zero-order chi connectivity index (χ0) is 17.3. The number of imidazole rings is 1. The molecule has 0 saturated heterocycles. The number of amides is 1. The van der Waals surface area contributed by atoms with Crippen LogP contribution in [0.25, 0.3) is 5.65 Å². The quantitative estimate of drug-likeness (QED) is 0.697. The number of hydrogen-bond acceptors (Lipinski definition) is 2. The zero-order valence-electron chi connectivity index (χ0n) is 13.4. The molecule has 6 heteroatoms. The number of nitrogens with zero attached hydrogens (tertiary/aromatic N) is 2. The molecule has 124 valence electrons. The lowest BCUT2D eigenvalue weighted by atomic mass is 10.2. The van der Waals surface area contributed by atoms with Crippen LogP contribution in [-0.4, -0.2) is 15.3 Å². The van der Waals surface area contributed by atoms with Gasteiger partial charge in [-0.15, -0.1) is 0 Å². The van der Waals surface area contributed by atoms with E-state index in [2.05, 4.69) is 17.2 Å². The third kappa shape index (κ3) is 2.99. The number of nitrogens with one attached hydrogen (secondary N) is 1. The van der Waals surface area contributed by atoms with Gasteiger partial charge in [0, 0.05) is 6.20 Å². The summed E-state index contributed by atoms with van der Waals surface area (Å²) in [5.41, 5.74) is 3.51. The Labute approximate surface area is 150 Å². The Morgan fingerprint density at radius 3 is 2.58 bits per heavy atom. The first kappa shape index (κ1) is 16.8. The molecule has 4 nitrogen and oxygen atoms in total. The molecule has 0 radical (unpaired) electrons. The summed E-state index contributed by atoms with van der Waals surface area (Å²) in [6, 6.07) is 8.99. The maximum absolute atomic E-state index is 12.9. The number of carbonyl (C=O) groups excluding carboxylic acids is 1. The molecule has 0 atom stereocenters. The third-order valence-electron chi connectivity index (χ3n) is 3.82. The summed E-state index contributed by atoms with van der Waals surface area (Å²) in [5, 5.41) is 3.63. The Hall–Kier alpha value is -2.04. The van der Waals surface area contributed by atoms with Crippen molar-refractivity contribution in [2.45, 2.75) is 26.7 Å². The molecular weight excluding hydrogens is 345 g/mol. The van der Waals surface area contributed by atoms with Crippen LogP contribution >= 0.6 is 23.2 Å². The van der Waals surface area contributed by atoms with Crippen molar-refractivity contribution in [3.63, 3.8) is 0 Å². The fourth-order valence-corrected chi connectivity index (χ4v) is 3.18. The molecule has 2 heterocycles. The number of aromatic nitrogens is 2. The van der Waals surface area contributed by atoms with Crippen molar-refractivity contribution in [1.29, 1.82) is 0 Å². The van der Waals surface area contributed by atoms with Gasteiger partial charge in [-0.3, -0.25) is 9.20 Å². The van der Waals surface area contributed by atoms with E-state index in [4.69, 9.17) is 23.2 Å². The fourth-order valence-electron chi connectivity index (χ4n) is 2.69. The first-order valence-corrected chi connectivity index (χ1v) is 8.50. The van der Waals surface area contributed by atoms with Gasteiger partial charge in [0.2, 0.25) is 0 Å². The van der Waals surface area contributed by atoms with Crippen molar-refractivity contribution >= 4 is 40.4 Å². The van der Waals surface area contributed by atoms with Gasteiger partial charge in [-0.25, -0.2) is 4.98 Å². The van der Waals surface area contributed by atoms with Crippen LogP contribution in [0.5, 0.6) is 0 Å². The van der Waals surface area contributed by atoms with Gasteiger partial charge in [0.25, 0.3) is 5.91 Å². The number of hydrogen-bond donors (Lipinski definition) is 1. The Kier molecular flexibility index (Phi) is 4.78. The van der Waals surface area contributed by atoms with Crippen molar-refractivity contribution in [2.75, 3.05) is 5.32 Å². The van der Waals surface area contributed by atoms with Crippen molar-refractivity contribution in [3.05, 3.63) is 63.5 Å². The minimum atomic E-state index is -0.272. The van der Waals surface area contributed by atoms with Crippen LogP contribution < -0.4 is 5.32 Å². The lowest BCUT2D eigenvalue weighted by Gasteiger charge is -2.10. The van der Waals surface area contributed by atoms with Gasteiger partial charge in [0.1, 0.15) is 11.3 Å². The van der Waals surface area contributed by atoms with E-state index in [1.54, 1.807) is 18.2 Å². The number of fused-ring (bicyclic) bond motifs is 1. The van der Waals surface area contributed by atoms with Crippen LogP contribution in [0.15, 0.2) is 36.5 Å². The van der Waals surface area contributed by atoms with Crippen molar-refractivity contribution < 1.29 is 4.79 Å². The number of pyridine rings is 1. The minimum absolute atomic E-state index is 0.272. The van der Waals surface area contributed by atoms with Crippen LogP contribution in [0, 0.1) is 6.92 Å². The summed E-state index contributed by atoms with van der Waals surface area (Å²) < 4.78 is 1.82. The van der Waals surface area contributed by atoms with E-state index in [1.807, 2.05) is 29.7 Å². The van der Waals surface area contributed by atoms with Gasteiger partial charge in [-0.2, -0.15) is 0 Å². The lowest BCUT2D eigenvalue weighted by molar-refractivity contribution is 0.102. The third-order valence-corrected chi connectivity index (χ3v) is 4.45. The van der Waals surface area contributed by atoms with E-state index in [9.17, 15) is 4.79 Å². The predicted molar refractivity (Wildman–Crippen MR) is 98.3 cm³/mol. The van der Waals surface area contributed by atoms with E-state index in [0.717, 1.165) is 29.7 Å². The van der Waals surface area contributed by atoms with E-state index in [1.165, 1.54) is 0 Å². The molecule has 0 spiro atoms. The highest BCUT2D eigenvalue weighted by Gasteiger charge is 2.21. The molecule has 0 aliphatic carbocycles. The summed E-state index contributed by atoms with van der Waals surface area (Å²) in [6.45, 7) is 4.04. The lowest BCUT2D eigenvalue weighted by Crippen LogP contribution is -2.17. The van der Waals surface area contributed by atoms with Crippen LogP contribution in [-0.2, 0) is 6.42 Å². The van der Waals surface area contributed by atoms with Gasteiger partial charge >= 0.3 is 0 Å². The maximum Gasteiger partial charge on any atom is 0.274 e. The standard InChI is InChI=1S/C18H17Cl2N3O/c1-3-6-14-16(23-10-5-7-11(2)17(23)21-14)18(24)22-15-12(19)8-4-9-13(15)20/h4-5,7-10H,3,6H2,1-2H3,(H,22,24). The van der Waals surface area contributed by atoms with E-state index >= 15 is 0 Å². The van der Waals surface area contributed by atoms with Gasteiger partial charge < -0.3 is 5.32 Å². The van der Waals surface area contributed by atoms with Crippen molar-refractivity contribution in [2.24, 2.45) is 0 Å². The topological polar surface area (TPSA) is 46.4 Å².